The van der Waals surface area contributed by atoms with Crippen LogP contribution in [-0.4, -0.2) is 10.2 Å². The molecule has 0 bridgehead atoms. The number of nitriles is 2. The van der Waals surface area contributed by atoms with Gasteiger partial charge in [0.15, 0.2) is 0 Å². The summed E-state index contributed by atoms with van der Waals surface area (Å²) < 4.78 is 5.61. The van der Waals surface area contributed by atoms with Crippen molar-refractivity contribution in [3.8, 4) is 23.6 Å². The zero-order valence-electron chi connectivity index (χ0n) is 11.9. The van der Waals surface area contributed by atoms with Gasteiger partial charge in [-0.3, -0.25) is 0 Å². The Hall–Kier alpha value is -3.09. The fourth-order valence-electron chi connectivity index (χ4n) is 1.93. The van der Waals surface area contributed by atoms with Gasteiger partial charge in [-0.05, 0) is 35.9 Å². The Balaban J connectivity index is 1.69. The third-order valence-electron chi connectivity index (χ3n) is 3.09. The predicted molar refractivity (Wildman–Crippen MR) is 85.2 cm³/mol. The molecule has 0 aliphatic carbocycles. The van der Waals surface area contributed by atoms with Gasteiger partial charge in [0.1, 0.15) is 0 Å². The minimum Gasteiger partial charge on any atom is -0.411 e. The van der Waals surface area contributed by atoms with Gasteiger partial charge in [0.2, 0.25) is 5.89 Å². The molecule has 23 heavy (non-hydrogen) atoms. The van der Waals surface area contributed by atoms with Gasteiger partial charge in [0.05, 0.1) is 23.3 Å². The summed E-state index contributed by atoms with van der Waals surface area (Å²) >= 11 is 1.42. The largest absolute Gasteiger partial charge is 0.411 e. The van der Waals surface area contributed by atoms with E-state index in [0.29, 0.717) is 28.0 Å². The highest BCUT2D eigenvalue weighted by Gasteiger charge is 2.10. The van der Waals surface area contributed by atoms with Crippen LogP contribution < -0.4 is 0 Å². The molecule has 0 spiro atoms. The molecule has 6 heteroatoms. The fourth-order valence-corrected chi connectivity index (χ4v) is 2.65. The van der Waals surface area contributed by atoms with Crippen LogP contribution >= 0.6 is 11.8 Å². The second kappa shape index (κ2) is 6.78. The minimum absolute atomic E-state index is 0.393. The Morgan fingerprint density at radius 1 is 0.957 bits per heavy atom. The van der Waals surface area contributed by atoms with Gasteiger partial charge in [-0.1, -0.05) is 30.0 Å². The van der Waals surface area contributed by atoms with Gasteiger partial charge in [0.25, 0.3) is 5.22 Å². The molecule has 0 atom stereocenters. The first-order chi connectivity index (χ1) is 11.3. The van der Waals surface area contributed by atoms with Crippen molar-refractivity contribution < 1.29 is 4.42 Å². The number of rotatable bonds is 4. The predicted octanol–water partition coefficient (Wildman–Crippen LogP) is 3.77. The first-order valence-electron chi connectivity index (χ1n) is 6.74. The Bertz CT molecular complexity index is 903. The average Bonchev–Trinajstić information content (AvgIpc) is 3.09. The molecule has 0 amide bonds. The molecule has 1 aromatic heterocycles. The number of benzene rings is 2. The summed E-state index contributed by atoms with van der Waals surface area (Å²) in [7, 11) is 0. The van der Waals surface area contributed by atoms with E-state index in [9.17, 15) is 0 Å². The van der Waals surface area contributed by atoms with Crippen molar-refractivity contribution in [1.82, 2.24) is 10.2 Å². The van der Waals surface area contributed by atoms with Gasteiger partial charge in [-0.2, -0.15) is 10.5 Å². The maximum absolute atomic E-state index is 8.92. The molecule has 3 aromatic rings. The van der Waals surface area contributed by atoms with E-state index in [1.54, 1.807) is 30.3 Å². The van der Waals surface area contributed by atoms with E-state index in [0.717, 1.165) is 11.1 Å². The molecule has 0 unspecified atom stereocenters. The smallest absolute Gasteiger partial charge is 0.277 e. The van der Waals surface area contributed by atoms with E-state index in [1.807, 2.05) is 18.2 Å². The number of aromatic nitrogens is 2. The molecule has 0 aliphatic rings. The van der Waals surface area contributed by atoms with E-state index in [2.05, 4.69) is 22.3 Å². The molecule has 0 aliphatic heterocycles. The quantitative estimate of drug-likeness (QED) is 0.680. The second-order valence-corrected chi connectivity index (χ2v) is 5.59. The number of hydrogen-bond acceptors (Lipinski definition) is 6. The van der Waals surface area contributed by atoms with Crippen LogP contribution in [-0.2, 0) is 5.75 Å². The molecule has 0 radical (unpaired) electrons. The molecule has 0 saturated carbocycles. The number of hydrogen-bond donors (Lipinski definition) is 0. The summed E-state index contributed by atoms with van der Waals surface area (Å²) in [6.07, 6.45) is 0. The summed E-state index contributed by atoms with van der Waals surface area (Å²) in [5.41, 5.74) is 2.98. The van der Waals surface area contributed by atoms with Crippen LogP contribution in [0.4, 0.5) is 0 Å². The maximum Gasteiger partial charge on any atom is 0.277 e. The Morgan fingerprint density at radius 2 is 1.74 bits per heavy atom. The standard InChI is InChI=1S/C17H10N4OS/c18-9-12-4-6-13(7-5-12)11-23-17-21-20-16(22-17)15-3-1-2-14(8-15)10-19/h1-8H,11H2. The highest BCUT2D eigenvalue weighted by Crippen LogP contribution is 2.26. The van der Waals surface area contributed by atoms with Crippen LogP contribution in [0.25, 0.3) is 11.5 Å². The molecule has 110 valence electrons. The van der Waals surface area contributed by atoms with Crippen LogP contribution in [0.3, 0.4) is 0 Å². The zero-order chi connectivity index (χ0) is 16.1. The monoisotopic (exact) mass is 318 g/mol. The summed E-state index contributed by atoms with van der Waals surface area (Å²) in [6.45, 7) is 0. The van der Waals surface area contributed by atoms with Gasteiger partial charge in [-0.25, -0.2) is 0 Å². The lowest BCUT2D eigenvalue weighted by Gasteiger charge is -1.98. The molecule has 3 rings (SSSR count). The van der Waals surface area contributed by atoms with Crippen LogP contribution in [0, 0.1) is 22.7 Å². The topological polar surface area (TPSA) is 86.5 Å². The lowest BCUT2D eigenvalue weighted by atomic mass is 10.1. The fraction of sp³-hybridized carbons (Fsp3) is 0.0588. The van der Waals surface area contributed by atoms with Crippen molar-refractivity contribution in [2.24, 2.45) is 0 Å². The molecule has 5 nitrogen and oxygen atoms in total. The third-order valence-corrected chi connectivity index (χ3v) is 3.98. The van der Waals surface area contributed by atoms with E-state index >= 15 is 0 Å². The van der Waals surface area contributed by atoms with E-state index < -0.39 is 0 Å². The lowest BCUT2D eigenvalue weighted by molar-refractivity contribution is 0.466. The molecule has 1 heterocycles. The van der Waals surface area contributed by atoms with Gasteiger partial charge in [0, 0.05) is 11.3 Å². The van der Waals surface area contributed by atoms with Crippen molar-refractivity contribution in [2.75, 3.05) is 0 Å². The van der Waals surface area contributed by atoms with Crippen molar-refractivity contribution in [2.45, 2.75) is 11.0 Å². The Morgan fingerprint density at radius 3 is 2.48 bits per heavy atom. The molecule has 0 fully saturated rings. The minimum atomic E-state index is 0.393. The molecular formula is C17H10N4OS. The van der Waals surface area contributed by atoms with Crippen molar-refractivity contribution in [3.05, 3.63) is 65.2 Å². The normalized spacial score (nSPS) is 10.0. The average molecular weight is 318 g/mol. The number of nitrogens with zero attached hydrogens (tertiary/aromatic N) is 4. The van der Waals surface area contributed by atoms with Crippen molar-refractivity contribution >= 4 is 11.8 Å². The zero-order valence-corrected chi connectivity index (χ0v) is 12.7. The molecule has 2 aromatic carbocycles. The molecule has 0 N–H and O–H groups in total. The summed E-state index contributed by atoms with van der Waals surface area (Å²) in [6, 6.07) is 18.6. The van der Waals surface area contributed by atoms with Gasteiger partial charge >= 0.3 is 0 Å². The van der Waals surface area contributed by atoms with Gasteiger partial charge < -0.3 is 4.42 Å². The SMILES string of the molecule is N#Cc1ccc(CSc2nnc(-c3cccc(C#N)c3)o2)cc1. The Labute approximate surface area is 137 Å². The lowest BCUT2D eigenvalue weighted by Crippen LogP contribution is -1.81. The highest BCUT2D eigenvalue weighted by molar-refractivity contribution is 7.98. The molecule has 0 saturated heterocycles. The first kappa shape index (κ1) is 14.8. The number of thioether (sulfide) groups is 1. The van der Waals surface area contributed by atoms with E-state index in [-0.39, 0.29) is 0 Å². The van der Waals surface area contributed by atoms with Crippen LogP contribution in [0.1, 0.15) is 16.7 Å². The van der Waals surface area contributed by atoms with E-state index in [1.165, 1.54) is 11.8 Å². The van der Waals surface area contributed by atoms with Crippen LogP contribution in [0.15, 0.2) is 58.2 Å². The van der Waals surface area contributed by atoms with Crippen LogP contribution in [0.2, 0.25) is 0 Å². The highest BCUT2D eigenvalue weighted by atomic mass is 32.2. The second-order valence-electron chi connectivity index (χ2n) is 4.66. The Kier molecular flexibility index (Phi) is 4.37. The van der Waals surface area contributed by atoms with Crippen molar-refractivity contribution in [1.29, 1.82) is 10.5 Å². The van der Waals surface area contributed by atoms with Gasteiger partial charge in [-0.15, -0.1) is 10.2 Å². The van der Waals surface area contributed by atoms with E-state index in [4.69, 9.17) is 14.9 Å². The molecular weight excluding hydrogens is 308 g/mol. The van der Waals surface area contributed by atoms with Crippen LogP contribution in [0.5, 0.6) is 0 Å². The van der Waals surface area contributed by atoms with Crippen molar-refractivity contribution in [3.63, 3.8) is 0 Å². The first-order valence-corrected chi connectivity index (χ1v) is 7.73. The third kappa shape index (κ3) is 3.57. The maximum atomic E-state index is 8.92. The summed E-state index contributed by atoms with van der Waals surface area (Å²) in [4.78, 5) is 0. The summed E-state index contributed by atoms with van der Waals surface area (Å²) in [5.74, 6) is 1.07. The summed E-state index contributed by atoms with van der Waals surface area (Å²) in [5, 5.41) is 26.2.